The molecule has 1 aromatic rings. The second-order valence-electron chi connectivity index (χ2n) is 3.13. The second kappa shape index (κ2) is 4.36. The van der Waals surface area contributed by atoms with Gasteiger partial charge in [0.15, 0.2) is 0 Å². The standard InChI is InChI=1S/C10H12ClNS/c11-9-3-1-8(2-4-9)10-7-13-6-5-12-10/h1-4,10,12H,5-7H2/t10-/m0/s1. The van der Waals surface area contributed by atoms with Crippen LogP contribution in [0.2, 0.25) is 5.02 Å². The quantitative estimate of drug-likeness (QED) is 0.770. The van der Waals surface area contributed by atoms with Gasteiger partial charge in [-0.3, -0.25) is 0 Å². The lowest BCUT2D eigenvalue weighted by atomic mass is 10.1. The number of thioether (sulfide) groups is 1. The van der Waals surface area contributed by atoms with E-state index < -0.39 is 0 Å². The molecule has 1 aromatic carbocycles. The third-order valence-electron chi connectivity index (χ3n) is 2.19. The first-order valence-electron chi connectivity index (χ1n) is 4.43. The monoisotopic (exact) mass is 213 g/mol. The summed E-state index contributed by atoms with van der Waals surface area (Å²) in [7, 11) is 0. The highest BCUT2D eigenvalue weighted by Gasteiger charge is 2.14. The SMILES string of the molecule is Clc1ccc([C@@H]2CSCCN2)cc1. The van der Waals surface area contributed by atoms with E-state index in [2.05, 4.69) is 17.4 Å². The fourth-order valence-corrected chi connectivity index (χ4v) is 2.58. The smallest absolute Gasteiger partial charge is 0.0412 e. The van der Waals surface area contributed by atoms with Crippen LogP contribution in [0.5, 0.6) is 0 Å². The Morgan fingerprint density at radius 3 is 2.69 bits per heavy atom. The molecule has 3 heteroatoms. The van der Waals surface area contributed by atoms with Crippen LogP contribution >= 0.6 is 23.4 Å². The van der Waals surface area contributed by atoms with Crippen molar-refractivity contribution < 1.29 is 0 Å². The van der Waals surface area contributed by atoms with Crippen LogP contribution in [0, 0.1) is 0 Å². The van der Waals surface area contributed by atoms with Crippen LogP contribution in [0.3, 0.4) is 0 Å². The molecule has 1 heterocycles. The van der Waals surface area contributed by atoms with Gasteiger partial charge in [-0.1, -0.05) is 23.7 Å². The van der Waals surface area contributed by atoms with Gasteiger partial charge in [0.1, 0.15) is 0 Å². The summed E-state index contributed by atoms with van der Waals surface area (Å²) in [6.45, 7) is 1.11. The van der Waals surface area contributed by atoms with Crippen LogP contribution in [0.4, 0.5) is 0 Å². The highest BCUT2D eigenvalue weighted by Crippen LogP contribution is 2.22. The van der Waals surface area contributed by atoms with Crippen LogP contribution < -0.4 is 5.32 Å². The molecule has 2 rings (SSSR count). The Balaban J connectivity index is 2.10. The molecule has 0 radical (unpaired) electrons. The number of nitrogens with one attached hydrogen (secondary N) is 1. The van der Waals surface area contributed by atoms with E-state index in [4.69, 9.17) is 11.6 Å². The Morgan fingerprint density at radius 2 is 2.08 bits per heavy atom. The van der Waals surface area contributed by atoms with E-state index in [1.54, 1.807) is 0 Å². The zero-order valence-corrected chi connectivity index (χ0v) is 8.87. The predicted molar refractivity (Wildman–Crippen MR) is 59.5 cm³/mol. The molecule has 0 saturated carbocycles. The van der Waals surface area contributed by atoms with Crippen molar-refractivity contribution in [2.75, 3.05) is 18.1 Å². The minimum atomic E-state index is 0.510. The molecule has 0 aromatic heterocycles. The van der Waals surface area contributed by atoms with Gasteiger partial charge in [0.25, 0.3) is 0 Å². The van der Waals surface area contributed by atoms with E-state index in [1.165, 1.54) is 17.1 Å². The fraction of sp³-hybridized carbons (Fsp3) is 0.400. The summed E-state index contributed by atoms with van der Waals surface area (Å²) in [4.78, 5) is 0. The molecule has 0 amide bonds. The lowest BCUT2D eigenvalue weighted by Crippen LogP contribution is -2.30. The Labute approximate surface area is 87.9 Å². The molecule has 0 aliphatic carbocycles. The fourth-order valence-electron chi connectivity index (χ4n) is 1.47. The van der Waals surface area contributed by atoms with Gasteiger partial charge in [-0.05, 0) is 17.7 Å². The molecule has 13 heavy (non-hydrogen) atoms. The highest BCUT2D eigenvalue weighted by atomic mass is 35.5. The number of halogens is 1. The van der Waals surface area contributed by atoms with Gasteiger partial charge in [-0.2, -0.15) is 11.8 Å². The number of hydrogen-bond donors (Lipinski definition) is 1. The van der Waals surface area contributed by atoms with Gasteiger partial charge < -0.3 is 5.32 Å². The Hall–Kier alpha value is -0.180. The molecule has 1 nitrogen and oxygen atoms in total. The van der Waals surface area contributed by atoms with Crippen molar-refractivity contribution in [3.8, 4) is 0 Å². The molecule has 1 fully saturated rings. The maximum Gasteiger partial charge on any atom is 0.0412 e. The molecular weight excluding hydrogens is 202 g/mol. The number of benzene rings is 1. The molecule has 0 bridgehead atoms. The zero-order chi connectivity index (χ0) is 9.10. The molecule has 1 aliphatic rings. The van der Waals surface area contributed by atoms with Crippen molar-refractivity contribution >= 4 is 23.4 Å². The van der Waals surface area contributed by atoms with E-state index in [1.807, 2.05) is 23.9 Å². The molecule has 1 saturated heterocycles. The van der Waals surface area contributed by atoms with Gasteiger partial charge in [0.05, 0.1) is 0 Å². The summed E-state index contributed by atoms with van der Waals surface area (Å²) >= 11 is 7.83. The van der Waals surface area contributed by atoms with E-state index >= 15 is 0 Å². The Morgan fingerprint density at radius 1 is 1.31 bits per heavy atom. The highest BCUT2D eigenvalue weighted by molar-refractivity contribution is 7.99. The summed E-state index contributed by atoms with van der Waals surface area (Å²) in [6, 6.07) is 8.63. The summed E-state index contributed by atoms with van der Waals surface area (Å²) < 4.78 is 0. The van der Waals surface area contributed by atoms with Crippen molar-refractivity contribution in [2.24, 2.45) is 0 Å². The van der Waals surface area contributed by atoms with Crippen LogP contribution in [0.1, 0.15) is 11.6 Å². The largest absolute Gasteiger partial charge is 0.308 e. The van der Waals surface area contributed by atoms with E-state index in [-0.39, 0.29) is 0 Å². The average Bonchev–Trinajstić information content (AvgIpc) is 2.20. The molecule has 1 aliphatic heterocycles. The first-order chi connectivity index (χ1) is 6.36. The van der Waals surface area contributed by atoms with Crippen molar-refractivity contribution in [1.29, 1.82) is 0 Å². The Bertz CT molecular complexity index is 267. The number of hydrogen-bond acceptors (Lipinski definition) is 2. The van der Waals surface area contributed by atoms with Gasteiger partial charge >= 0.3 is 0 Å². The van der Waals surface area contributed by atoms with Gasteiger partial charge in [-0.25, -0.2) is 0 Å². The molecular formula is C10H12ClNS. The van der Waals surface area contributed by atoms with Crippen molar-refractivity contribution in [2.45, 2.75) is 6.04 Å². The summed E-state index contributed by atoms with van der Waals surface area (Å²) in [5.41, 5.74) is 1.34. The average molecular weight is 214 g/mol. The maximum atomic E-state index is 5.82. The normalized spacial score (nSPS) is 23.0. The summed E-state index contributed by atoms with van der Waals surface area (Å²) in [6.07, 6.45) is 0. The summed E-state index contributed by atoms with van der Waals surface area (Å²) in [5, 5.41) is 4.30. The second-order valence-corrected chi connectivity index (χ2v) is 4.72. The third kappa shape index (κ3) is 2.39. The minimum absolute atomic E-state index is 0.510. The van der Waals surface area contributed by atoms with Gasteiger partial charge in [0.2, 0.25) is 0 Å². The Kier molecular flexibility index (Phi) is 3.14. The van der Waals surface area contributed by atoms with E-state index in [0.717, 1.165) is 11.6 Å². The number of rotatable bonds is 1. The minimum Gasteiger partial charge on any atom is -0.308 e. The summed E-state index contributed by atoms with van der Waals surface area (Å²) in [5.74, 6) is 2.39. The van der Waals surface area contributed by atoms with Crippen molar-refractivity contribution in [3.63, 3.8) is 0 Å². The lowest BCUT2D eigenvalue weighted by molar-refractivity contribution is 0.595. The van der Waals surface area contributed by atoms with E-state index in [0.29, 0.717) is 6.04 Å². The van der Waals surface area contributed by atoms with Gasteiger partial charge in [-0.15, -0.1) is 0 Å². The first-order valence-corrected chi connectivity index (χ1v) is 5.96. The maximum absolute atomic E-state index is 5.82. The van der Waals surface area contributed by atoms with Crippen molar-refractivity contribution in [3.05, 3.63) is 34.9 Å². The molecule has 1 N–H and O–H groups in total. The van der Waals surface area contributed by atoms with Gasteiger partial charge in [0, 0.05) is 29.1 Å². The predicted octanol–water partition coefficient (Wildman–Crippen LogP) is 2.72. The molecule has 0 unspecified atom stereocenters. The van der Waals surface area contributed by atoms with Crippen LogP contribution in [-0.4, -0.2) is 18.1 Å². The molecule has 1 atom stereocenters. The lowest BCUT2D eigenvalue weighted by Gasteiger charge is -2.23. The first kappa shape index (κ1) is 9.38. The van der Waals surface area contributed by atoms with Crippen LogP contribution in [0.25, 0.3) is 0 Å². The van der Waals surface area contributed by atoms with Crippen LogP contribution in [-0.2, 0) is 0 Å². The topological polar surface area (TPSA) is 12.0 Å². The molecule has 0 spiro atoms. The van der Waals surface area contributed by atoms with E-state index in [9.17, 15) is 0 Å². The van der Waals surface area contributed by atoms with Crippen LogP contribution in [0.15, 0.2) is 24.3 Å². The zero-order valence-electron chi connectivity index (χ0n) is 7.29. The van der Waals surface area contributed by atoms with Crippen molar-refractivity contribution in [1.82, 2.24) is 5.32 Å². The molecule has 70 valence electrons. The third-order valence-corrected chi connectivity index (χ3v) is 3.51.